The van der Waals surface area contributed by atoms with Crippen LogP contribution in [-0.2, 0) is 11.3 Å². The number of halogens is 1. The summed E-state index contributed by atoms with van der Waals surface area (Å²) >= 11 is 0. The Morgan fingerprint density at radius 1 is 0.875 bits per heavy atom. The van der Waals surface area contributed by atoms with Gasteiger partial charge in [-0.25, -0.2) is 9.37 Å². The third kappa shape index (κ3) is 5.35. The smallest absolute Gasteiger partial charge is 0.225 e. The Kier molecular flexibility index (Phi) is 7.57. The van der Waals surface area contributed by atoms with Gasteiger partial charge in [0.05, 0.1) is 17.6 Å². The van der Waals surface area contributed by atoms with Crippen molar-refractivity contribution in [3.8, 4) is 5.69 Å². The maximum Gasteiger partial charge on any atom is 0.225 e. The van der Waals surface area contributed by atoms with E-state index in [4.69, 9.17) is 4.98 Å². The van der Waals surface area contributed by atoms with Crippen molar-refractivity contribution >= 4 is 22.6 Å². The van der Waals surface area contributed by atoms with Crippen LogP contribution in [0.5, 0.6) is 0 Å². The summed E-state index contributed by atoms with van der Waals surface area (Å²) in [4.78, 5) is 25.3. The zero-order valence-electron chi connectivity index (χ0n) is 23.5. The molecule has 3 aromatic carbocycles. The van der Waals surface area contributed by atoms with Gasteiger partial charge in [0.1, 0.15) is 11.6 Å². The largest absolute Gasteiger partial charge is 0.368 e. The van der Waals surface area contributed by atoms with Crippen LogP contribution in [0.1, 0.15) is 44.0 Å². The van der Waals surface area contributed by atoms with E-state index in [2.05, 4.69) is 63.4 Å². The summed E-state index contributed by atoms with van der Waals surface area (Å²) in [6, 6.07) is 23.3. The van der Waals surface area contributed by atoms with E-state index in [9.17, 15) is 9.18 Å². The number of benzene rings is 3. The van der Waals surface area contributed by atoms with Gasteiger partial charge in [-0.2, -0.15) is 0 Å². The molecule has 7 heteroatoms. The standard InChI is InChI=1S/C33H38FN5O/c1-24(2)28-7-3-5-9-30(28)37-19-21-38(22-20-37)33(40)25-15-17-36(18-16-25)23-32-35-29-8-4-6-10-31(29)39(32)27-13-11-26(34)12-14-27/h3-14,24-25H,15-23H2,1-2H3. The zero-order chi connectivity index (χ0) is 27.6. The van der Waals surface area contributed by atoms with Gasteiger partial charge in [0.2, 0.25) is 5.91 Å². The molecule has 1 aromatic heterocycles. The molecule has 2 aliphatic heterocycles. The number of anilines is 1. The molecule has 2 aliphatic rings. The Bertz CT molecular complexity index is 1460. The summed E-state index contributed by atoms with van der Waals surface area (Å²) in [5.41, 5.74) is 5.55. The first kappa shape index (κ1) is 26.5. The van der Waals surface area contributed by atoms with Gasteiger partial charge < -0.3 is 9.80 Å². The first-order chi connectivity index (χ1) is 19.5. The number of nitrogens with zero attached hydrogens (tertiary/aromatic N) is 5. The molecule has 40 heavy (non-hydrogen) atoms. The Morgan fingerprint density at radius 2 is 1.55 bits per heavy atom. The van der Waals surface area contributed by atoms with E-state index in [0.29, 0.717) is 18.4 Å². The van der Waals surface area contributed by atoms with Gasteiger partial charge >= 0.3 is 0 Å². The molecular formula is C33H38FN5O. The molecule has 0 spiro atoms. The number of fused-ring (bicyclic) bond motifs is 1. The average Bonchev–Trinajstić information content (AvgIpc) is 3.35. The minimum Gasteiger partial charge on any atom is -0.368 e. The number of piperidine rings is 1. The monoisotopic (exact) mass is 539 g/mol. The van der Waals surface area contributed by atoms with E-state index in [1.807, 2.05) is 18.2 Å². The highest BCUT2D eigenvalue weighted by Gasteiger charge is 2.31. The van der Waals surface area contributed by atoms with Gasteiger partial charge in [0.25, 0.3) is 0 Å². The quantitative estimate of drug-likeness (QED) is 0.308. The molecule has 208 valence electrons. The normalized spacial score (nSPS) is 17.2. The number of hydrogen-bond acceptors (Lipinski definition) is 4. The number of amides is 1. The second-order valence-electron chi connectivity index (χ2n) is 11.4. The predicted molar refractivity (Wildman–Crippen MR) is 158 cm³/mol. The number of likely N-dealkylation sites (tertiary alicyclic amines) is 1. The summed E-state index contributed by atoms with van der Waals surface area (Å²) in [7, 11) is 0. The minimum absolute atomic E-state index is 0.0849. The third-order valence-corrected chi connectivity index (χ3v) is 8.51. The van der Waals surface area contributed by atoms with Crippen LogP contribution in [0.15, 0.2) is 72.8 Å². The molecule has 0 saturated carbocycles. The van der Waals surface area contributed by atoms with Crippen LogP contribution in [0.25, 0.3) is 16.7 Å². The molecule has 0 N–H and O–H groups in total. The van der Waals surface area contributed by atoms with Crippen molar-refractivity contribution in [1.82, 2.24) is 19.4 Å². The van der Waals surface area contributed by atoms with E-state index in [0.717, 1.165) is 74.7 Å². The summed E-state index contributed by atoms with van der Waals surface area (Å²) < 4.78 is 15.8. The maximum atomic E-state index is 13.6. The first-order valence-electron chi connectivity index (χ1n) is 14.6. The summed E-state index contributed by atoms with van der Waals surface area (Å²) in [6.45, 7) is 10.2. The van der Waals surface area contributed by atoms with Crippen molar-refractivity contribution in [3.05, 3.63) is 90.0 Å². The van der Waals surface area contributed by atoms with Gasteiger partial charge in [0, 0.05) is 43.5 Å². The van der Waals surface area contributed by atoms with Gasteiger partial charge in [-0.05, 0) is 79.9 Å². The van der Waals surface area contributed by atoms with E-state index >= 15 is 0 Å². The Labute approximate surface area is 236 Å². The van der Waals surface area contributed by atoms with Gasteiger partial charge in [-0.1, -0.05) is 44.2 Å². The van der Waals surface area contributed by atoms with E-state index < -0.39 is 0 Å². The number of rotatable bonds is 6. The molecule has 6 nitrogen and oxygen atoms in total. The van der Waals surface area contributed by atoms with Crippen molar-refractivity contribution in [2.24, 2.45) is 5.92 Å². The van der Waals surface area contributed by atoms with Crippen molar-refractivity contribution in [2.45, 2.75) is 39.2 Å². The lowest BCUT2D eigenvalue weighted by Crippen LogP contribution is -2.51. The first-order valence-corrected chi connectivity index (χ1v) is 14.6. The minimum atomic E-state index is -0.247. The SMILES string of the molecule is CC(C)c1ccccc1N1CCN(C(=O)C2CCN(Cc3nc4ccccc4n3-c3ccc(F)cc3)CC2)CC1. The summed E-state index contributed by atoms with van der Waals surface area (Å²) in [5.74, 6) is 1.57. The van der Waals surface area contributed by atoms with Crippen molar-refractivity contribution < 1.29 is 9.18 Å². The van der Waals surface area contributed by atoms with E-state index in [-0.39, 0.29) is 11.7 Å². The number of hydrogen-bond donors (Lipinski definition) is 0. The summed E-state index contributed by atoms with van der Waals surface area (Å²) in [6.07, 6.45) is 1.73. The number of imidazole rings is 1. The van der Waals surface area contributed by atoms with Gasteiger partial charge in [-0.3, -0.25) is 14.3 Å². The molecule has 3 heterocycles. The van der Waals surface area contributed by atoms with E-state index in [1.54, 1.807) is 12.1 Å². The molecule has 0 atom stereocenters. The lowest BCUT2D eigenvalue weighted by molar-refractivity contribution is -0.137. The van der Waals surface area contributed by atoms with Gasteiger partial charge in [0.15, 0.2) is 0 Å². The molecule has 0 bridgehead atoms. The number of piperazine rings is 1. The highest BCUT2D eigenvalue weighted by molar-refractivity contribution is 5.79. The van der Waals surface area contributed by atoms with Crippen LogP contribution in [0.3, 0.4) is 0 Å². The van der Waals surface area contributed by atoms with Crippen LogP contribution in [0.4, 0.5) is 10.1 Å². The number of carbonyl (C=O) groups is 1. The fourth-order valence-electron chi connectivity index (χ4n) is 6.29. The lowest BCUT2D eigenvalue weighted by atomic mass is 9.94. The topological polar surface area (TPSA) is 44.6 Å². The molecule has 4 aromatic rings. The van der Waals surface area contributed by atoms with Crippen LogP contribution in [-0.4, -0.2) is 64.5 Å². The van der Waals surface area contributed by atoms with Crippen LogP contribution in [0, 0.1) is 11.7 Å². The lowest BCUT2D eigenvalue weighted by Gasteiger charge is -2.40. The van der Waals surface area contributed by atoms with E-state index in [1.165, 1.54) is 23.4 Å². The highest BCUT2D eigenvalue weighted by atomic mass is 19.1. The fourth-order valence-corrected chi connectivity index (χ4v) is 6.29. The number of aromatic nitrogens is 2. The Morgan fingerprint density at radius 3 is 2.27 bits per heavy atom. The molecule has 0 aliphatic carbocycles. The molecule has 6 rings (SSSR count). The van der Waals surface area contributed by atoms with Crippen molar-refractivity contribution in [3.63, 3.8) is 0 Å². The fraction of sp³-hybridized carbons (Fsp3) is 0.394. The van der Waals surface area contributed by atoms with Gasteiger partial charge in [-0.15, -0.1) is 0 Å². The van der Waals surface area contributed by atoms with Crippen molar-refractivity contribution in [1.29, 1.82) is 0 Å². The number of para-hydroxylation sites is 3. The second kappa shape index (κ2) is 11.4. The predicted octanol–water partition coefficient (Wildman–Crippen LogP) is 5.85. The van der Waals surface area contributed by atoms with Crippen LogP contribution >= 0.6 is 0 Å². The Balaban J connectivity index is 1.07. The molecule has 2 saturated heterocycles. The summed E-state index contributed by atoms with van der Waals surface area (Å²) in [5, 5.41) is 0. The number of carbonyl (C=O) groups excluding carboxylic acids is 1. The molecular weight excluding hydrogens is 501 g/mol. The maximum absolute atomic E-state index is 13.6. The second-order valence-corrected chi connectivity index (χ2v) is 11.4. The molecule has 2 fully saturated rings. The zero-order valence-corrected chi connectivity index (χ0v) is 23.5. The molecule has 1 amide bonds. The highest BCUT2D eigenvalue weighted by Crippen LogP contribution is 2.29. The third-order valence-electron chi connectivity index (χ3n) is 8.51. The van der Waals surface area contributed by atoms with Crippen LogP contribution in [0.2, 0.25) is 0 Å². The molecule has 0 unspecified atom stereocenters. The average molecular weight is 540 g/mol. The van der Waals surface area contributed by atoms with Crippen molar-refractivity contribution in [2.75, 3.05) is 44.2 Å². The Hall–Kier alpha value is -3.71. The van der Waals surface area contributed by atoms with Crippen LogP contribution < -0.4 is 4.90 Å². The molecule has 0 radical (unpaired) electrons.